The Labute approximate surface area is 103 Å². The summed E-state index contributed by atoms with van der Waals surface area (Å²) in [5, 5.41) is 12.9. The molecule has 0 aliphatic heterocycles. The van der Waals surface area contributed by atoms with Gasteiger partial charge >= 0.3 is 5.97 Å². The van der Waals surface area contributed by atoms with Crippen molar-refractivity contribution in [2.24, 2.45) is 5.73 Å². The average Bonchev–Trinajstić information content (AvgIpc) is 2.31. The van der Waals surface area contributed by atoms with E-state index in [9.17, 15) is 19.2 Å². The van der Waals surface area contributed by atoms with E-state index in [4.69, 9.17) is 10.8 Å². The Morgan fingerprint density at radius 3 is 2.17 bits per heavy atom. The summed E-state index contributed by atoms with van der Waals surface area (Å²) in [4.78, 5) is 44.5. The van der Waals surface area contributed by atoms with Crippen molar-refractivity contribution in [3.05, 3.63) is 0 Å². The number of carbonyl (C=O) groups is 4. The number of nitrogens with two attached hydrogens (primary N) is 1. The van der Waals surface area contributed by atoms with Gasteiger partial charge in [0, 0.05) is 7.05 Å². The number of hydrogen-bond donors (Lipinski definition) is 4. The summed E-state index contributed by atoms with van der Waals surface area (Å²) in [5.41, 5.74) is 5.01. The monoisotopic (exact) mass is 260 g/mol. The zero-order valence-corrected chi connectivity index (χ0v) is 9.93. The number of hydrogen-bond acceptors (Lipinski definition) is 5. The maximum atomic E-state index is 11.3. The van der Waals surface area contributed by atoms with Crippen LogP contribution >= 0.6 is 0 Å². The van der Waals surface area contributed by atoms with Crippen LogP contribution in [0.15, 0.2) is 0 Å². The number of amides is 3. The minimum absolute atomic E-state index is 0.229. The maximum Gasteiger partial charge on any atom is 0.323 e. The molecule has 0 aliphatic carbocycles. The van der Waals surface area contributed by atoms with Crippen LogP contribution in [0, 0.1) is 0 Å². The lowest BCUT2D eigenvalue weighted by molar-refractivity contribution is -0.143. The molecule has 0 saturated heterocycles. The third-order valence-corrected chi connectivity index (χ3v) is 1.87. The summed E-state index contributed by atoms with van der Waals surface area (Å²) in [6.45, 7) is -1.29. The fraction of sp³-hybridized carbons (Fsp3) is 0.556. The number of nitrogens with one attached hydrogen (secondary N) is 2. The zero-order chi connectivity index (χ0) is 14.1. The minimum atomic E-state index is -1.15. The van der Waals surface area contributed by atoms with Crippen molar-refractivity contribution in [2.45, 2.75) is 0 Å². The summed E-state index contributed by atoms with van der Waals surface area (Å²) in [7, 11) is 1.30. The highest BCUT2D eigenvalue weighted by Crippen LogP contribution is 1.83. The number of carboxylic acids is 1. The van der Waals surface area contributed by atoms with E-state index in [2.05, 4.69) is 10.6 Å². The molecule has 0 aliphatic rings. The standard InChI is InChI=1S/C9H16N4O5/c1-13(5-9(17)18)8(16)4-12-7(15)3-11-6(14)2-10/h2-5,10H2,1H3,(H,11,14)(H,12,15)(H,17,18). The van der Waals surface area contributed by atoms with Crippen LogP contribution < -0.4 is 16.4 Å². The van der Waals surface area contributed by atoms with E-state index in [-0.39, 0.29) is 19.6 Å². The molecular weight excluding hydrogens is 244 g/mol. The maximum absolute atomic E-state index is 11.3. The molecule has 0 rings (SSSR count). The van der Waals surface area contributed by atoms with Gasteiger partial charge in [0.2, 0.25) is 17.7 Å². The molecule has 18 heavy (non-hydrogen) atoms. The van der Waals surface area contributed by atoms with Crippen molar-refractivity contribution in [3.63, 3.8) is 0 Å². The number of carbonyl (C=O) groups excluding carboxylic acids is 3. The molecule has 0 bridgehead atoms. The van der Waals surface area contributed by atoms with Gasteiger partial charge in [-0.15, -0.1) is 0 Å². The van der Waals surface area contributed by atoms with E-state index in [0.29, 0.717) is 0 Å². The molecule has 0 unspecified atom stereocenters. The lowest BCUT2D eigenvalue weighted by Gasteiger charge is -2.14. The van der Waals surface area contributed by atoms with E-state index in [0.717, 1.165) is 4.90 Å². The zero-order valence-electron chi connectivity index (χ0n) is 9.93. The normalized spacial score (nSPS) is 9.44. The van der Waals surface area contributed by atoms with Crippen LogP contribution in [-0.4, -0.2) is 66.9 Å². The van der Waals surface area contributed by atoms with Gasteiger partial charge in [-0.25, -0.2) is 0 Å². The first-order chi connectivity index (χ1) is 8.36. The summed E-state index contributed by atoms with van der Waals surface area (Å²) < 4.78 is 0. The third kappa shape index (κ3) is 7.17. The van der Waals surface area contributed by atoms with E-state index in [1.54, 1.807) is 0 Å². The molecule has 9 heteroatoms. The van der Waals surface area contributed by atoms with Gasteiger partial charge in [0.1, 0.15) is 6.54 Å². The van der Waals surface area contributed by atoms with E-state index >= 15 is 0 Å². The van der Waals surface area contributed by atoms with Crippen molar-refractivity contribution in [2.75, 3.05) is 33.2 Å². The highest BCUT2D eigenvalue weighted by atomic mass is 16.4. The molecule has 0 saturated carbocycles. The second-order valence-corrected chi connectivity index (χ2v) is 3.40. The fourth-order valence-electron chi connectivity index (χ4n) is 0.914. The molecule has 0 aromatic heterocycles. The van der Waals surface area contributed by atoms with E-state index in [1.807, 2.05) is 0 Å². The predicted octanol–water partition coefficient (Wildman–Crippen LogP) is -3.28. The number of rotatable bonds is 7. The van der Waals surface area contributed by atoms with Gasteiger partial charge in [0.25, 0.3) is 0 Å². The summed E-state index contributed by atoms with van der Waals surface area (Å²) in [5.74, 6) is -2.74. The summed E-state index contributed by atoms with van der Waals surface area (Å²) in [6.07, 6.45) is 0. The lowest BCUT2D eigenvalue weighted by Crippen LogP contribution is -2.44. The van der Waals surface area contributed by atoms with Crippen LogP contribution in [0.3, 0.4) is 0 Å². The molecule has 3 amide bonds. The highest BCUT2D eigenvalue weighted by molar-refractivity contribution is 5.89. The van der Waals surface area contributed by atoms with Crippen LogP contribution in [-0.2, 0) is 19.2 Å². The number of carboxylic acid groups (broad SMARTS) is 1. The van der Waals surface area contributed by atoms with Crippen molar-refractivity contribution >= 4 is 23.7 Å². The molecule has 0 radical (unpaired) electrons. The Morgan fingerprint density at radius 2 is 1.67 bits per heavy atom. The molecule has 5 N–H and O–H groups in total. The molecule has 0 atom stereocenters. The van der Waals surface area contributed by atoms with E-state index in [1.165, 1.54) is 7.05 Å². The average molecular weight is 260 g/mol. The minimum Gasteiger partial charge on any atom is -0.480 e. The van der Waals surface area contributed by atoms with Gasteiger partial charge < -0.3 is 26.4 Å². The number of nitrogens with zero attached hydrogens (tertiary/aromatic N) is 1. The molecule has 102 valence electrons. The second kappa shape index (κ2) is 8.01. The third-order valence-electron chi connectivity index (χ3n) is 1.87. The van der Waals surface area contributed by atoms with Crippen molar-refractivity contribution in [1.29, 1.82) is 0 Å². The van der Waals surface area contributed by atoms with Gasteiger partial charge in [0.05, 0.1) is 19.6 Å². The Bertz CT molecular complexity index is 344. The molecule has 0 aromatic rings. The second-order valence-electron chi connectivity index (χ2n) is 3.40. The first-order valence-electron chi connectivity index (χ1n) is 5.06. The van der Waals surface area contributed by atoms with Crippen LogP contribution in [0.5, 0.6) is 0 Å². The first kappa shape index (κ1) is 15.8. The molecule has 0 spiro atoms. The topological polar surface area (TPSA) is 142 Å². The molecule has 0 heterocycles. The van der Waals surface area contributed by atoms with E-state index < -0.39 is 30.2 Å². The molecule has 0 aromatic carbocycles. The van der Waals surface area contributed by atoms with Crippen LogP contribution in [0.4, 0.5) is 0 Å². The quantitative estimate of drug-likeness (QED) is 0.378. The first-order valence-corrected chi connectivity index (χ1v) is 5.06. The predicted molar refractivity (Wildman–Crippen MR) is 60.3 cm³/mol. The highest BCUT2D eigenvalue weighted by Gasteiger charge is 2.13. The molecule has 0 fully saturated rings. The Kier molecular flexibility index (Phi) is 7.05. The van der Waals surface area contributed by atoms with Crippen LogP contribution in [0.2, 0.25) is 0 Å². The van der Waals surface area contributed by atoms with Crippen molar-refractivity contribution in [3.8, 4) is 0 Å². The number of aliphatic carboxylic acids is 1. The lowest BCUT2D eigenvalue weighted by atomic mass is 10.4. The Balaban J connectivity index is 3.87. The smallest absolute Gasteiger partial charge is 0.323 e. The molecule has 9 nitrogen and oxygen atoms in total. The summed E-state index contributed by atoms with van der Waals surface area (Å²) >= 11 is 0. The fourth-order valence-corrected chi connectivity index (χ4v) is 0.914. The van der Waals surface area contributed by atoms with Gasteiger partial charge in [-0.05, 0) is 0 Å². The largest absolute Gasteiger partial charge is 0.480 e. The van der Waals surface area contributed by atoms with Gasteiger partial charge in [-0.2, -0.15) is 0 Å². The summed E-state index contributed by atoms with van der Waals surface area (Å²) in [6, 6.07) is 0. The van der Waals surface area contributed by atoms with Crippen molar-refractivity contribution < 1.29 is 24.3 Å². The Hall–Kier alpha value is -2.16. The molecular formula is C9H16N4O5. The van der Waals surface area contributed by atoms with Gasteiger partial charge in [-0.1, -0.05) is 0 Å². The number of likely N-dealkylation sites (N-methyl/N-ethyl adjacent to an activating group) is 1. The SMILES string of the molecule is CN(CC(=O)O)C(=O)CNC(=O)CNC(=O)CN. The van der Waals surface area contributed by atoms with Crippen LogP contribution in [0.25, 0.3) is 0 Å². The van der Waals surface area contributed by atoms with Crippen LogP contribution in [0.1, 0.15) is 0 Å². The van der Waals surface area contributed by atoms with Crippen molar-refractivity contribution in [1.82, 2.24) is 15.5 Å². The van der Waals surface area contributed by atoms with Gasteiger partial charge in [-0.3, -0.25) is 19.2 Å². The Morgan fingerprint density at radius 1 is 1.11 bits per heavy atom. The van der Waals surface area contributed by atoms with Gasteiger partial charge in [0.15, 0.2) is 0 Å².